The number of benzene rings is 3. The van der Waals surface area contributed by atoms with Gasteiger partial charge in [0.15, 0.2) is 0 Å². The molecule has 4 rings (SSSR count). The molecule has 1 amide bonds. The Hall–Kier alpha value is -4.13. The topological polar surface area (TPSA) is 82.5 Å². The Kier molecular flexibility index (Phi) is 6.69. The van der Waals surface area contributed by atoms with Crippen molar-refractivity contribution in [1.82, 2.24) is 15.1 Å². The van der Waals surface area contributed by atoms with Gasteiger partial charge in [-0.3, -0.25) is 9.59 Å². The molecule has 0 saturated heterocycles. The van der Waals surface area contributed by atoms with Crippen LogP contribution >= 0.6 is 0 Å². The van der Waals surface area contributed by atoms with Crippen molar-refractivity contribution in [3.8, 4) is 11.5 Å². The van der Waals surface area contributed by atoms with E-state index in [4.69, 9.17) is 9.47 Å². The molecule has 1 unspecified atom stereocenters. The molecule has 33 heavy (non-hydrogen) atoms. The molecule has 0 radical (unpaired) electrons. The second-order valence-corrected chi connectivity index (χ2v) is 7.64. The first kappa shape index (κ1) is 22.1. The summed E-state index contributed by atoms with van der Waals surface area (Å²) >= 11 is 0. The molecule has 0 bridgehead atoms. The third-order valence-electron chi connectivity index (χ3n) is 5.51. The van der Waals surface area contributed by atoms with Gasteiger partial charge in [0.1, 0.15) is 18.0 Å². The highest BCUT2D eigenvalue weighted by Gasteiger charge is 2.17. The van der Waals surface area contributed by atoms with Gasteiger partial charge in [-0.15, -0.1) is 0 Å². The first-order valence-corrected chi connectivity index (χ1v) is 10.6. The molecule has 7 nitrogen and oxygen atoms in total. The maximum Gasteiger partial charge on any atom is 0.275 e. The van der Waals surface area contributed by atoms with E-state index >= 15 is 0 Å². The van der Waals surface area contributed by atoms with Gasteiger partial charge in [-0.05, 0) is 47.9 Å². The van der Waals surface area contributed by atoms with E-state index in [1.165, 1.54) is 4.68 Å². The van der Waals surface area contributed by atoms with E-state index in [1.807, 2.05) is 60.7 Å². The van der Waals surface area contributed by atoms with Gasteiger partial charge in [0.05, 0.1) is 31.8 Å². The van der Waals surface area contributed by atoms with Crippen LogP contribution < -0.4 is 20.3 Å². The average molecular weight is 444 g/mol. The van der Waals surface area contributed by atoms with E-state index in [0.717, 1.165) is 28.0 Å². The van der Waals surface area contributed by atoms with Crippen molar-refractivity contribution in [2.75, 3.05) is 14.2 Å². The Morgan fingerprint density at radius 1 is 0.939 bits per heavy atom. The van der Waals surface area contributed by atoms with Gasteiger partial charge in [0, 0.05) is 5.39 Å². The minimum atomic E-state index is -0.298. The van der Waals surface area contributed by atoms with E-state index < -0.39 is 0 Å². The van der Waals surface area contributed by atoms with Crippen LogP contribution in [0.1, 0.15) is 17.2 Å². The molecule has 1 aromatic heterocycles. The average Bonchev–Trinajstić information content (AvgIpc) is 2.86. The summed E-state index contributed by atoms with van der Waals surface area (Å²) in [6.07, 6.45) is 2.17. The highest BCUT2D eigenvalue weighted by atomic mass is 16.5. The molecule has 0 aliphatic rings. The van der Waals surface area contributed by atoms with Crippen molar-refractivity contribution in [2.24, 2.45) is 0 Å². The number of carbonyl (C=O) groups is 1. The normalized spacial score (nSPS) is 11.7. The molecule has 0 fully saturated rings. The second-order valence-electron chi connectivity index (χ2n) is 7.64. The first-order chi connectivity index (χ1) is 16.1. The fraction of sp³-hybridized carbons (Fsp3) is 0.192. The zero-order chi connectivity index (χ0) is 23.2. The number of hydrogen-bond acceptors (Lipinski definition) is 5. The summed E-state index contributed by atoms with van der Waals surface area (Å²) in [5.74, 6) is 1.21. The Morgan fingerprint density at radius 3 is 2.24 bits per heavy atom. The van der Waals surface area contributed by atoms with Gasteiger partial charge in [0.2, 0.25) is 5.91 Å². The van der Waals surface area contributed by atoms with Gasteiger partial charge in [0.25, 0.3) is 5.56 Å². The smallest absolute Gasteiger partial charge is 0.275 e. The Morgan fingerprint density at radius 2 is 1.58 bits per heavy atom. The number of fused-ring (bicyclic) bond motifs is 1. The van der Waals surface area contributed by atoms with Crippen LogP contribution in [-0.2, 0) is 17.8 Å². The number of aromatic nitrogens is 2. The molecule has 0 saturated carbocycles. The molecule has 168 valence electrons. The third-order valence-corrected chi connectivity index (χ3v) is 5.51. The molecule has 1 heterocycles. The number of methoxy groups -OCH3 is 2. The highest BCUT2D eigenvalue weighted by Crippen LogP contribution is 2.23. The molecular weight excluding hydrogens is 418 g/mol. The van der Waals surface area contributed by atoms with Crippen LogP contribution in [-0.4, -0.2) is 29.9 Å². The summed E-state index contributed by atoms with van der Waals surface area (Å²) in [6, 6.07) is 22.2. The predicted octanol–water partition coefficient (Wildman–Crippen LogP) is 3.51. The standard InChI is InChI=1S/C26H25N3O4/c1-32-21-11-7-18(8-12-21)15-24(19-9-13-22(33-2)14-10-19)28-25(30)17-29-26(31)23-6-4-3-5-20(23)16-27-29/h3-14,16,24H,15,17H2,1-2H3,(H,28,30). The summed E-state index contributed by atoms with van der Waals surface area (Å²) in [6.45, 7) is -0.168. The van der Waals surface area contributed by atoms with E-state index in [0.29, 0.717) is 11.8 Å². The molecule has 0 aliphatic carbocycles. The van der Waals surface area contributed by atoms with Crippen LogP contribution in [0.4, 0.5) is 0 Å². The van der Waals surface area contributed by atoms with Crippen molar-refractivity contribution in [2.45, 2.75) is 19.0 Å². The lowest BCUT2D eigenvalue weighted by Gasteiger charge is -2.20. The number of amides is 1. The maximum absolute atomic E-state index is 12.9. The van der Waals surface area contributed by atoms with Crippen molar-refractivity contribution >= 4 is 16.7 Å². The summed E-state index contributed by atoms with van der Waals surface area (Å²) < 4.78 is 11.7. The Labute approximate surface area is 191 Å². The van der Waals surface area contributed by atoms with Gasteiger partial charge in [-0.25, -0.2) is 4.68 Å². The minimum Gasteiger partial charge on any atom is -0.497 e. The van der Waals surface area contributed by atoms with Crippen LogP contribution in [0.2, 0.25) is 0 Å². The number of nitrogens with one attached hydrogen (secondary N) is 1. The van der Waals surface area contributed by atoms with E-state index in [2.05, 4.69) is 10.4 Å². The molecular formula is C26H25N3O4. The number of rotatable bonds is 8. The van der Waals surface area contributed by atoms with Crippen molar-refractivity contribution in [3.05, 3.63) is 100 Å². The molecule has 3 aromatic carbocycles. The highest BCUT2D eigenvalue weighted by molar-refractivity contribution is 5.81. The first-order valence-electron chi connectivity index (χ1n) is 10.6. The van der Waals surface area contributed by atoms with Crippen LogP contribution in [0.3, 0.4) is 0 Å². The summed E-state index contributed by atoms with van der Waals surface area (Å²) in [4.78, 5) is 25.7. The minimum absolute atomic E-state index is 0.168. The summed E-state index contributed by atoms with van der Waals surface area (Å²) in [5.41, 5.74) is 1.68. The van der Waals surface area contributed by atoms with Gasteiger partial charge >= 0.3 is 0 Å². The number of carbonyl (C=O) groups excluding carboxylic acids is 1. The zero-order valence-electron chi connectivity index (χ0n) is 18.5. The molecule has 0 spiro atoms. The largest absolute Gasteiger partial charge is 0.497 e. The second kappa shape index (κ2) is 9.99. The lowest BCUT2D eigenvalue weighted by atomic mass is 9.98. The third kappa shape index (κ3) is 5.20. The zero-order valence-corrected chi connectivity index (χ0v) is 18.5. The van der Waals surface area contributed by atoms with Gasteiger partial charge in [-0.2, -0.15) is 5.10 Å². The van der Waals surface area contributed by atoms with Crippen LogP contribution in [0.25, 0.3) is 10.8 Å². The van der Waals surface area contributed by atoms with E-state index in [1.54, 1.807) is 32.5 Å². The van der Waals surface area contributed by atoms with E-state index in [9.17, 15) is 9.59 Å². The number of hydrogen-bond donors (Lipinski definition) is 1. The summed E-state index contributed by atoms with van der Waals surface area (Å²) in [7, 11) is 3.23. The van der Waals surface area contributed by atoms with Crippen LogP contribution in [0, 0.1) is 0 Å². The van der Waals surface area contributed by atoms with Crippen molar-refractivity contribution in [1.29, 1.82) is 0 Å². The van der Waals surface area contributed by atoms with E-state index in [-0.39, 0.29) is 24.1 Å². The van der Waals surface area contributed by atoms with Crippen LogP contribution in [0.5, 0.6) is 11.5 Å². The predicted molar refractivity (Wildman–Crippen MR) is 127 cm³/mol. The molecule has 4 aromatic rings. The Balaban J connectivity index is 1.56. The molecule has 0 aliphatic heterocycles. The fourth-order valence-electron chi connectivity index (χ4n) is 3.70. The summed E-state index contributed by atoms with van der Waals surface area (Å²) in [5, 5.41) is 8.50. The van der Waals surface area contributed by atoms with Crippen LogP contribution in [0.15, 0.2) is 83.8 Å². The number of nitrogens with zero attached hydrogens (tertiary/aromatic N) is 2. The van der Waals surface area contributed by atoms with Crippen molar-refractivity contribution < 1.29 is 14.3 Å². The maximum atomic E-state index is 12.9. The molecule has 1 atom stereocenters. The number of ether oxygens (including phenoxy) is 2. The quantitative estimate of drug-likeness (QED) is 0.451. The lowest BCUT2D eigenvalue weighted by Crippen LogP contribution is -2.36. The van der Waals surface area contributed by atoms with Gasteiger partial charge in [-0.1, -0.05) is 42.5 Å². The lowest BCUT2D eigenvalue weighted by molar-refractivity contribution is -0.122. The fourth-order valence-corrected chi connectivity index (χ4v) is 3.70. The SMILES string of the molecule is COc1ccc(CC(NC(=O)Cn2ncc3ccccc3c2=O)c2ccc(OC)cc2)cc1. The van der Waals surface area contributed by atoms with Gasteiger partial charge < -0.3 is 14.8 Å². The molecule has 7 heteroatoms. The van der Waals surface area contributed by atoms with Crippen molar-refractivity contribution in [3.63, 3.8) is 0 Å². The monoisotopic (exact) mass is 443 g/mol. The molecule has 1 N–H and O–H groups in total. The Bertz CT molecular complexity index is 1300.